The van der Waals surface area contributed by atoms with Gasteiger partial charge in [-0.3, -0.25) is 24.5 Å². The maximum Gasteiger partial charge on any atom is 0.338 e. The number of aromatic nitrogens is 1. The molecule has 1 aromatic heterocycles. The Hall–Kier alpha value is -4.67. The molecular formula is C25H20N4O9S3. The molecule has 1 amide bonds. The lowest BCUT2D eigenvalue weighted by atomic mass is 10.2. The normalized spacial score (nSPS) is 11.4. The van der Waals surface area contributed by atoms with Gasteiger partial charge in [-0.25, -0.2) is 26.6 Å². The number of esters is 1. The lowest BCUT2D eigenvalue weighted by Crippen LogP contribution is -2.26. The molecular weight excluding hydrogens is 596 g/mol. The fraction of sp³-hybridized carbons (Fsp3) is 0.0800. The van der Waals surface area contributed by atoms with Crippen molar-refractivity contribution in [2.24, 2.45) is 0 Å². The Labute approximate surface area is 238 Å². The highest BCUT2D eigenvalue weighted by molar-refractivity contribution is 7.93. The molecule has 41 heavy (non-hydrogen) atoms. The molecule has 0 bridgehead atoms. The molecule has 212 valence electrons. The highest BCUT2D eigenvalue weighted by atomic mass is 32.2. The number of amides is 1. The highest BCUT2D eigenvalue weighted by Crippen LogP contribution is 2.29. The zero-order valence-corrected chi connectivity index (χ0v) is 23.5. The number of thiazole rings is 1. The molecule has 4 aromatic rings. The quantitative estimate of drug-likeness (QED) is 0.157. The Balaban J connectivity index is 1.34. The Morgan fingerprint density at radius 3 is 2.17 bits per heavy atom. The Morgan fingerprint density at radius 1 is 0.951 bits per heavy atom. The summed E-state index contributed by atoms with van der Waals surface area (Å²) in [6.45, 7) is -0.723. The number of para-hydroxylation sites is 1. The van der Waals surface area contributed by atoms with E-state index >= 15 is 0 Å². The number of sulfonamides is 1. The van der Waals surface area contributed by atoms with Crippen molar-refractivity contribution in [3.63, 3.8) is 0 Å². The third-order valence-corrected chi connectivity index (χ3v) is 10.5. The smallest absolute Gasteiger partial charge is 0.338 e. The van der Waals surface area contributed by atoms with Gasteiger partial charge in [0.2, 0.25) is 9.84 Å². The number of nitro groups is 1. The molecule has 4 rings (SSSR count). The Bertz CT molecular complexity index is 1810. The standard InChI is InChI=1S/C25H20N4O9S3/c1-28(18-5-3-2-4-6-18)41(36,37)21-11-7-17(8-12-21)24(31)38-16-22(30)27-25-26-15-23(39-25)40(34,35)20-13-9-19(10-14-20)29(32)33/h2-15H,16H2,1H3,(H,26,27,30). The first kappa shape index (κ1) is 29.3. The molecule has 0 saturated heterocycles. The SMILES string of the molecule is CN(c1ccccc1)S(=O)(=O)c1ccc(C(=O)OCC(=O)Nc2ncc(S(=O)(=O)c3ccc([N+](=O)[O-])cc3)s2)cc1. The van der Waals surface area contributed by atoms with Crippen LogP contribution >= 0.6 is 11.3 Å². The zero-order chi connectivity index (χ0) is 29.8. The Kier molecular flexibility index (Phi) is 8.46. The summed E-state index contributed by atoms with van der Waals surface area (Å²) in [4.78, 5) is 38.4. The maximum absolute atomic E-state index is 12.9. The summed E-state index contributed by atoms with van der Waals surface area (Å²) in [7, 11) is -6.52. The number of nitrogens with one attached hydrogen (secondary N) is 1. The van der Waals surface area contributed by atoms with Gasteiger partial charge in [0.05, 0.1) is 32.2 Å². The average molecular weight is 617 g/mol. The van der Waals surface area contributed by atoms with Crippen LogP contribution in [0.1, 0.15) is 10.4 Å². The second-order valence-corrected chi connectivity index (χ2v) is 13.4. The first-order valence-electron chi connectivity index (χ1n) is 11.5. The monoisotopic (exact) mass is 616 g/mol. The van der Waals surface area contributed by atoms with Crippen molar-refractivity contribution in [3.05, 3.63) is 101 Å². The minimum absolute atomic E-state index is 0.00448. The fourth-order valence-electron chi connectivity index (χ4n) is 3.37. The van der Waals surface area contributed by atoms with E-state index in [-0.39, 0.29) is 30.4 Å². The van der Waals surface area contributed by atoms with Gasteiger partial charge in [0.15, 0.2) is 11.7 Å². The molecule has 0 unspecified atom stereocenters. The number of ether oxygens (including phenoxy) is 1. The first-order valence-corrected chi connectivity index (χ1v) is 15.2. The van der Waals surface area contributed by atoms with Crippen LogP contribution in [0.15, 0.2) is 99.1 Å². The summed E-state index contributed by atoms with van der Waals surface area (Å²) in [6, 6.07) is 17.7. The number of anilines is 2. The average Bonchev–Trinajstić information content (AvgIpc) is 3.45. The number of carbonyl (C=O) groups is 2. The van der Waals surface area contributed by atoms with E-state index in [1.54, 1.807) is 30.3 Å². The number of carbonyl (C=O) groups excluding carboxylic acids is 2. The van der Waals surface area contributed by atoms with Crippen LogP contribution in [0.4, 0.5) is 16.5 Å². The molecule has 0 aliphatic rings. The van der Waals surface area contributed by atoms with Crippen molar-refractivity contribution < 1.29 is 36.1 Å². The topological polar surface area (TPSA) is 183 Å². The van der Waals surface area contributed by atoms with Crippen LogP contribution in [0.5, 0.6) is 0 Å². The second kappa shape index (κ2) is 11.8. The van der Waals surface area contributed by atoms with E-state index in [0.29, 0.717) is 17.0 Å². The van der Waals surface area contributed by atoms with Crippen LogP contribution in [-0.4, -0.2) is 52.3 Å². The molecule has 0 aliphatic heterocycles. The molecule has 0 atom stereocenters. The largest absolute Gasteiger partial charge is 0.452 e. The van der Waals surface area contributed by atoms with Crippen LogP contribution in [0.2, 0.25) is 0 Å². The summed E-state index contributed by atoms with van der Waals surface area (Å²) < 4.78 is 57.1. The minimum Gasteiger partial charge on any atom is -0.452 e. The molecule has 1 N–H and O–H groups in total. The maximum atomic E-state index is 12.9. The van der Waals surface area contributed by atoms with E-state index < -0.39 is 43.3 Å². The molecule has 16 heteroatoms. The van der Waals surface area contributed by atoms with Gasteiger partial charge in [0.1, 0.15) is 4.21 Å². The first-order chi connectivity index (χ1) is 19.4. The van der Waals surface area contributed by atoms with E-state index in [1.807, 2.05) is 0 Å². The van der Waals surface area contributed by atoms with E-state index in [2.05, 4.69) is 10.3 Å². The van der Waals surface area contributed by atoms with Gasteiger partial charge in [-0.1, -0.05) is 29.5 Å². The van der Waals surface area contributed by atoms with Crippen LogP contribution < -0.4 is 9.62 Å². The summed E-state index contributed by atoms with van der Waals surface area (Å²) in [5, 5.41) is 13.0. The number of nitro benzene ring substituents is 1. The number of rotatable bonds is 10. The number of hydrogen-bond donors (Lipinski definition) is 1. The number of hydrogen-bond acceptors (Lipinski definition) is 11. The lowest BCUT2D eigenvalue weighted by molar-refractivity contribution is -0.384. The minimum atomic E-state index is -4.04. The molecule has 0 spiro atoms. The predicted molar refractivity (Wildman–Crippen MR) is 148 cm³/mol. The van der Waals surface area contributed by atoms with Crippen molar-refractivity contribution in [1.82, 2.24) is 4.98 Å². The van der Waals surface area contributed by atoms with Gasteiger partial charge in [0.25, 0.3) is 21.6 Å². The number of nitrogens with zero attached hydrogens (tertiary/aromatic N) is 3. The van der Waals surface area contributed by atoms with Gasteiger partial charge >= 0.3 is 5.97 Å². The summed E-state index contributed by atoms with van der Waals surface area (Å²) in [5.41, 5.74) is 0.190. The Morgan fingerprint density at radius 2 is 1.56 bits per heavy atom. The molecule has 0 aliphatic carbocycles. The molecule has 0 radical (unpaired) electrons. The van der Waals surface area contributed by atoms with Crippen LogP contribution in [0.25, 0.3) is 0 Å². The van der Waals surface area contributed by atoms with Crippen LogP contribution in [0, 0.1) is 10.1 Å². The second-order valence-electron chi connectivity index (χ2n) is 8.20. The summed E-state index contributed by atoms with van der Waals surface area (Å²) in [5.74, 6) is -1.68. The van der Waals surface area contributed by atoms with Crippen molar-refractivity contribution in [2.75, 3.05) is 23.3 Å². The summed E-state index contributed by atoms with van der Waals surface area (Å²) in [6.07, 6.45) is 1.02. The summed E-state index contributed by atoms with van der Waals surface area (Å²) >= 11 is 0.642. The predicted octanol–water partition coefficient (Wildman–Crippen LogP) is 3.50. The number of benzene rings is 3. The van der Waals surface area contributed by atoms with Gasteiger partial charge in [-0.2, -0.15) is 0 Å². The fourth-order valence-corrected chi connectivity index (χ4v) is 7.02. The van der Waals surface area contributed by atoms with E-state index in [9.17, 15) is 36.5 Å². The van der Waals surface area contributed by atoms with Crippen molar-refractivity contribution in [3.8, 4) is 0 Å². The van der Waals surface area contributed by atoms with E-state index in [1.165, 1.54) is 31.3 Å². The molecule has 1 heterocycles. The van der Waals surface area contributed by atoms with E-state index in [0.717, 1.165) is 34.8 Å². The van der Waals surface area contributed by atoms with Gasteiger partial charge in [-0.15, -0.1) is 0 Å². The number of sulfone groups is 1. The molecule has 0 fully saturated rings. The van der Waals surface area contributed by atoms with Gasteiger partial charge in [-0.05, 0) is 48.5 Å². The molecule has 13 nitrogen and oxygen atoms in total. The third-order valence-electron chi connectivity index (χ3n) is 5.56. The lowest BCUT2D eigenvalue weighted by Gasteiger charge is -2.19. The van der Waals surface area contributed by atoms with Crippen molar-refractivity contribution in [1.29, 1.82) is 0 Å². The van der Waals surface area contributed by atoms with Gasteiger partial charge in [0, 0.05) is 19.2 Å². The molecule has 3 aromatic carbocycles. The number of non-ortho nitro benzene ring substituents is 1. The zero-order valence-electron chi connectivity index (χ0n) is 21.0. The van der Waals surface area contributed by atoms with Crippen molar-refractivity contribution >= 4 is 59.6 Å². The van der Waals surface area contributed by atoms with Crippen LogP contribution in [-0.2, 0) is 29.4 Å². The van der Waals surface area contributed by atoms with E-state index in [4.69, 9.17) is 4.74 Å². The van der Waals surface area contributed by atoms with Crippen molar-refractivity contribution in [2.45, 2.75) is 14.0 Å². The molecule has 0 saturated carbocycles. The third kappa shape index (κ3) is 6.56. The highest BCUT2D eigenvalue weighted by Gasteiger charge is 2.24. The van der Waals surface area contributed by atoms with Gasteiger partial charge < -0.3 is 4.74 Å². The van der Waals surface area contributed by atoms with Crippen LogP contribution in [0.3, 0.4) is 0 Å².